The Morgan fingerprint density at radius 1 is 1.14 bits per heavy atom. The summed E-state index contributed by atoms with van der Waals surface area (Å²) in [6.07, 6.45) is -2.99. The van der Waals surface area contributed by atoms with E-state index in [-0.39, 0.29) is 30.4 Å². The maximum absolute atomic E-state index is 13.0. The molecule has 36 heavy (non-hydrogen) atoms. The lowest BCUT2D eigenvalue weighted by molar-refractivity contribution is -0.144. The standard InChI is InChI=1S/C23H20F3N7O3/c1-12-17(13(2)33-22(29-12)31-21(32-33)23(24,25)26)7-8-18(34)30-15-6-9-19(28-11-15)36-16-5-3-4-14(10-16)20(27)35/h3-6,9-11H,7-8H2,1-2H3,(H2,27,35)(H,30,34). The predicted molar refractivity (Wildman–Crippen MR) is 121 cm³/mol. The van der Waals surface area contributed by atoms with Crippen molar-refractivity contribution in [3.63, 3.8) is 0 Å². The summed E-state index contributed by atoms with van der Waals surface area (Å²) in [7, 11) is 0. The van der Waals surface area contributed by atoms with E-state index in [2.05, 4.69) is 25.4 Å². The molecular weight excluding hydrogens is 479 g/mol. The number of nitrogens with one attached hydrogen (secondary N) is 1. The van der Waals surface area contributed by atoms with E-state index in [9.17, 15) is 22.8 Å². The van der Waals surface area contributed by atoms with Gasteiger partial charge < -0.3 is 15.8 Å². The number of fused-ring (bicyclic) bond motifs is 1. The van der Waals surface area contributed by atoms with Crippen LogP contribution in [0.1, 0.15) is 39.6 Å². The summed E-state index contributed by atoms with van der Waals surface area (Å²) in [6, 6.07) is 9.45. The molecule has 0 fully saturated rings. The first kappa shape index (κ1) is 24.6. The lowest BCUT2D eigenvalue weighted by atomic mass is 10.1. The second kappa shape index (κ2) is 9.60. The number of aryl methyl sites for hydroxylation is 2. The molecule has 0 aliphatic carbocycles. The monoisotopic (exact) mass is 499 g/mol. The van der Waals surface area contributed by atoms with Gasteiger partial charge in [0.2, 0.25) is 17.7 Å². The van der Waals surface area contributed by atoms with Crippen LogP contribution < -0.4 is 15.8 Å². The Balaban J connectivity index is 1.39. The van der Waals surface area contributed by atoms with Gasteiger partial charge in [-0.1, -0.05) is 6.07 Å². The van der Waals surface area contributed by atoms with Gasteiger partial charge in [-0.15, -0.1) is 5.10 Å². The summed E-state index contributed by atoms with van der Waals surface area (Å²) in [5, 5.41) is 6.21. The van der Waals surface area contributed by atoms with Crippen molar-refractivity contribution in [2.45, 2.75) is 32.9 Å². The molecule has 0 saturated carbocycles. The second-order valence-electron chi connectivity index (χ2n) is 7.83. The third kappa shape index (κ3) is 5.40. The minimum absolute atomic E-state index is 0.0495. The highest BCUT2D eigenvalue weighted by Crippen LogP contribution is 2.27. The fourth-order valence-electron chi connectivity index (χ4n) is 3.50. The average molecular weight is 499 g/mol. The van der Waals surface area contributed by atoms with E-state index in [1.807, 2.05) is 0 Å². The molecule has 0 aliphatic heterocycles. The molecule has 186 valence electrons. The third-order valence-electron chi connectivity index (χ3n) is 5.27. The molecule has 0 atom stereocenters. The molecule has 2 amide bonds. The highest BCUT2D eigenvalue weighted by Gasteiger charge is 2.37. The Kier molecular flexibility index (Phi) is 6.55. The van der Waals surface area contributed by atoms with E-state index in [1.165, 1.54) is 12.3 Å². The molecular formula is C23H20F3N7O3. The van der Waals surface area contributed by atoms with Crippen LogP contribution in [0.4, 0.5) is 18.9 Å². The Morgan fingerprint density at radius 3 is 2.58 bits per heavy atom. The number of hydrogen-bond donors (Lipinski definition) is 2. The maximum atomic E-state index is 13.0. The molecule has 0 unspecified atom stereocenters. The molecule has 4 rings (SSSR count). The predicted octanol–water partition coefficient (Wildman–Crippen LogP) is 3.62. The fraction of sp³-hybridized carbons (Fsp3) is 0.217. The summed E-state index contributed by atoms with van der Waals surface area (Å²) in [4.78, 5) is 35.4. The first-order chi connectivity index (χ1) is 17.0. The van der Waals surface area contributed by atoms with E-state index in [0.717, 1.165) is 4.52 Å². The number of ether oxygens (including phenoxy) is 1. The van der Waals surface area contributed by atoms with Crippen LogP contribution >= 0.6 is 0 Å². The molecule has 0 spiro atoms. The Labute approximate surface area is 202 Å². The van der Waals surface area contributed by atoms with Crippen molar-refractivity contribution in [1.29, 1.82) is 0 Å². The number of pyridine rings is 1. The smallest absolute Gasteiger partial charge is 0.439 e. The van der Waals surface area contributed by atoms with E-state index in [1.54, 1.807) is 44.2 Å². The van der Waals surface area contributed by atoms with Crippen molar-refractivity contribution in [1.82, 2.24) is 24.6 Å². The maximum Gasteiger partial charge on any atom is 0.453 e. The molecule has 10 nitrogen and oxygen atoms in total. The van der Waals surface area contributed by atoms with Crippen molar-refractivity contribution >= 4 is 23.3 Å². The summed E-state index contributed by atoms with van der Waals surface area (Å²) >= 11 is 0. The number of carbonyl (C=O) groups is 2. The number of carbonyl (C=O) groups excluding carboxylic acids is 2. The number of anilines is 1. The van der Waals surface area contributed by atoms with Crippen molar-refractivity contribution in [3.8, 4) is 11.6 Å². The van der Waals surface area contributed by atoms with Crippen molar-refractivity contribution < 1.29 is 27.5 Å². The minimum atomic E-state index is -4.68. The van der Waals surface area contributed by atoms with Crippen LogP contribution in [0.3, 0.4) is 0 Å². The highest BCUT2D eigenvalue weighted by molar-refractivity contribution is 5.93. The molecule has 1 aromatic carbocycles. The highest BCUT2D eigenvalue weighted by atomic mass is 19.4. The summed E-state index contributed by atoms with van der Waals surface area (Å²) in [5.74, 6) is -1.71. The average Bonchev–Trinajstić information content (AvgIpc) is 3.25. The van der Waals surface area contributed by atoms with Crippen LogP contribution in [0.5, 0.6) is 11.6 Å². The molecule has 4 aromatic rings. The molecule has 0 saturated heterocycles. The summed E-state index contributed by atoms with van der Waals surface area (Å²) in [6.45, 7) is 3.25. The van der Waals surface area contributed by atoms with Crippen LogP contribution in [0, 0.1) is 13.8 Å². The number of alkyl halides is 3. The number of aromatic nitrogens is 5. The first-order valence-electron chi connectivity index (χ1n) is 10.6. The zero-order chi connectivity index (χ0) is 26.0. The topological polar surface area (TPSA) is 137 Å². The number of nitrogens with two attached hydrogens (primary N) is 1. The largest absolute Gasteiger partial charge is 0.453 e. The number of halogens is 3. The third-order valence-corrected chi connectivity index (χ3v) is 5.27. The zero-order valence-electron chi connectivity index (χ0n) is 19.1. The molecule has 13 heteroatoms. The Bertz CT molecular complexity index is 1450. The van der Waals surface area contributed by atoms with Gasteiger partial charge in [-0.3, -0.25) is 9.59 Å². The van der Waals surface area contributed by atoms with Crippen LogP contribution in [-0.4, -0.2) is 36.4 Å². The molecule has 0 aliphatic rings. The molecule has 3 aromatic heterocycles. The lowest BCUT2D eigenvalue weighted by Gasteiger charge is -2.11. The van der Waals surface area contributed by atoms with E-state index < -0.39 is 17.9 Å². The number of hydrogen-bond acceptors (Lipinski definition) is 7. The SMILES string of the molecule is Cc1nc2nc(C(F)(F)F)nn2c(C)c1CCC(=O)Nc1ccc(Oc2cccc(C(N)=O)c2)nc1. The summed E-state index contributed by atoms with van der Waals surface area (Å²) < 4.78 is 45.5. The van der Waals surface area contributed by atoms with Gasteiger partial charge in [0.1, 0.15) is 5.75 Å². The van der Waals surface area contributed by atoms with Crippen LogP contribution in [-0.2, 0) is 17.4 Å². The fourth-order valence-corrected chi connectivity index (χ4v) is 3.50. The molecule has 0 bridgehead atoms. The number of rotatable bonds is 7. The quantitative estimate of drug-likeness (QED) is 0.396. The van der Waals surface area contributed by atoms with Gasteiger partial charge in [-0.25, -0.2) is 14.5 Å². The number of primary amides is 1. The van der Waals surface area contributed by atoms with E-state index >= 15 is 0 Å². The Morgan fingerprint density at radius 2 is 1.92 bits per heavy atom. The number of benzene rings is 1. The molecule has 3 heterocycles. The number of nitrogens with zero attached hydrogens (tertiary/aromatic N) is 5. The molecule has 3 N–H and O–H groups in total. The summed E-state index contributed by atoms with van der Waals surface area (Å²) in [5.41, 5.74) is 7.48. The first-order valence-corrected chi connectivity index (χ1v) is 10.6. The minimum Gasteiger partial charge on any atom is -0.439 e. The van der Waals surface area contributed by atoms with Gasteiger partial charge in [0.15, 0.2) is 0 Å². The van der Waals surface area contributed by atoms with Crippen LogP contribution in [0.15, 0.2) is 42.6 Å². The van der Waals surface area contributed by atoms with Crippen LogP contribution in [0.25, 0.3) is 5.78 Å². The van der Waals surface area contributed by atoms with Crippen molar-refractivity contribution in [2.24, 2.45) is 5.73 Å². The normalized spacial score (nSPS) is 11.5. The van der Waals surface area contributed by atoms with Crippen molar-refractivity contribution in [3.05, 3.63) is 70.9 Å². The number of amides is 2. The van der Waals surface area contributed by atoms with Gasteiger partial charge in [-0.05, 0) is 50.1 Å². The Hall–Kier alpha value is -4.55. The van der Waals surface area contributed by atoms with Gasteiger partial charge in [0.05, 0.1) is 11.9 Å². The van der Waals surface area contributed by atoms with E-state index in [4.69, 9.17) is 10.5 Å². The second-order valence-corrected chi connectivity index (χ2v) is 7.83. The van der Waals surface area contributed by atoms with Gasteiger partial charge in [0, 0.05) is 29.4 Å². The van der Waals surface area contributed by atoms with Gasteiger partial charge >= 0.3 is 6.18 Å². The van der Waals surface area contributed by atoms with Crippen molar-refractivity contribution in [2.75, 3.05) is 5.32 Å². The van der Waals surface area contributed by atoms with Gasteiger partial charge in [0.25, 0.3) is 11.6 Å². The van der Waals surface area contributed by atoms with Gasteiger partial charge in [-0.2, -0.15) is 18.2 Å². The zero-order valence-corrected chi connectivity index (χ0v) is 19.1. The lowest BCUT2D eigenvalue weighted by Crippen LogP contribution is -2.14. The molecule has 0 radical (unpaired) electrons. The van der Waals surface area contributed by atoms with E-state index in [0.29, 0.717) is 34.0 Å². The van der Waals surface area contributed by atoms with Crippen LogP contribution in [0.2, 0.25) is 0 Å².